The van der Waals surface area contributed by atoms with Gasteiger partial charge in [0.1, 0.15) is 11.5 Å². The van der Waals surface area contributed by atoms with Gasteiger partial charge in [-0.1, -0.05) is 30.0 Å². The number of carbonyl (C=O) groups excluding carboxylic acids is 1. The Kier molecular flexibility index (Phi) is 7.01. The lowest BCUT2D eigenvalue weighted by Crippen LogP contribution is -1.98. The molecule has 2 aromatic carbocycles. The summed E-state index contributed by atoms with van der Waals surface area (Å²) in [5, 5.41) is 0. The average Bonchev–Trinajstić information content (AvgIpc) is 2.61. The number of hydrogen-bond donors (Lipinski definition) is 0. The summed E-state index contributed by atoms with van der Waals surface area (Å²) in [5.74, 6) is -1.86. The van der Waals surface area contributed by atoms with Crippen molar-refractivity contribution in [3.8, 4) is 11.5 Å². The van der Waals surface area contributed by atoms with Gasteiger partial charge in [-0.2, -0.15) is 8.78 Å². The first-order valence-corrected chi connectivity index (χ1v) is 8.50. The number of benzene rings is 2. The van der Waals surface area contributed by atoms with Crippen LogP contribution in [-0.4, -0.2) is 25.3 Å². The number of alkyl halides is 2. The van der Waals surface area contributed by atoms with Gasteiger partial charge < -0.3 is 9.47 Å². The number of para-hydroxylation sites is 1. The first-order valence-electron chi connectivity index (χ1n) is 7.62. The zero-order valence-corrected chi connectivity index (χ0v) is 14.7. The highest BCUT2D eigenvalue weighted by Crippen LogP contribution is 2.34. The lowest BCUT2D eigenvalue weighted by molar-refractivity contribution is 0.104. The van der Waals surface area contributed by atoms with Crippen molar-refractivity contribution in [1.29, 1.82) is 0 Å². The van der Waals surface area contributed by atoms with Crippen molar-refractivity contribution in [1.82, 2.24) is 0 Å². The van der Waals surface area contributed by atoms with E-state index < -0.39 is 5.76 Å². The van der Waals surface area contributed by atoms with Crippen LogP contribution < -0.4 is 9.47 Å². The van der Waals surface area contributed by atoms with Gasteiger partial charge in [-0.25, -0.2) is 0 Å². The standard InChI is InChI=1S/C19H18F2O3S/c1-3-24-16-7-5-4-6-13(16)8-10-15(22)14-9-11-18(25-19(20)21)17(12-14)23-2/h4-12,19H,3H2,1-2H3/b10-8+. The van der Waals surface area contributed by atoms with Crippen molar-refractivity contribution in [3.63, 3.8) is 0 Å². The van der Waals surface area contributed by atoms with E-state index in [1.165, 1.54) is 31.4 Å². The Morgan fingerprint density at radius 2 is 1.96 bits per heavy atom. The normalized spacial score (nSPS) is 11.1. The fourth-order valence-electron chi connectivity index (χ4n) is 2.18. The fourth-order valence-corrected chi connectivity index (χ4v) is 2.78. The minimum Gasteiger partial charge on any atom is -0.496 e. The van der Waals surface area contributed by atoms with E-state index in [1.54, 1.807) is 6.08 Å². The zero-order valence-electron chi connectivity index (χ0n) is 13.9. The SMILES string of the molecule is CCOc1ccccc1/C=C/C(=O)c1ccc(SC(F)F)c(OC)c1. The van der Waals surface area contributed by atoms with Crippen molar-refractivity contribution in [2.24, 2.45) is 0 Å². The van der Waals surface area contributed by atoms with E-state index in [2.05, 4.69) is 0 Å². The van der Waals surface area contributed by atoms with Gasteiger partial charge in [0.15, 0.2) is 5.78 Å². The highest BCUT2D eigenvalue weighted by molar-refractivity contribution is 7.99. The molecule has 25 heavy (non-hydrogen) atoms. The zero-order chi connectivity index (χ0) is 18.2. The maximum atomic E-state index is 12.5. The molecule has 132 valence electrons. The van der Waals surface area contributed by atoms with E-state index in [4.69, 9.17) is 9.47 Å². The highest BCUT2D eigenvalue weighted by Gasteiger charge is 2.13. The second kappa shape index (κ2) is 9.22. The Morgan fingerprint density at radius 3 is 2.64 bits per heavy atom. The van der Waals surface area contributed by atoms with Crippen molar-refractivity contribution in [2.45, 2.75) is 17.6 Å². The second-order valence-electron chi connectivity index (χ2n) is 4.91. The van der Waals surface area contributed by atoms with E-state index in [0.717, 1.165) is 5.56 Å². The average molecular weight is 364 g/mol. The molecule has 0 unspecified atom stereocenters. The molecule has 0 aliphatic heterocycles. The molecule has 0 fully saturated rings. The van der Waals surface area contributed by atoms with E-state index >= 15 is 0 Å². The number of ether oxygens (including phenoxy) is 2. The molecule has 0 aliphatic rings. The van der Waals surface area contributed by atoms with Crippen molar-refractivity contribution < 1.29 is 23.0 Å². The van der Waals surface area contributed by atoms with Crippen LogP contribution in [0, 0.1) is 0 Å². The van der Waals surface area contributed by atoms with Crippen LogP contribution in [0.5, 0.6) is 11.5 Å². The lowest BCUT2D eigenvalue weighted by atomic mass is 10.1. The molecule has 0 aromatic heterocycles. The maximum Gasteiger partial charge on any atom is 0.289 e. The summed E-state index contributed by atoms with van der Waals surface area (Å²) in [4.78, 5) is 12.6. The van der Waals surface area contributed by atoms with Crippen LogP contribution in [-0.2, 0) is 0 Å². The van der Waals surface area contributed by atoms with E-state index in [0.29, 0.717) is 34.6 Å². The molecular weight excluding hydrogens is 346 g/mol. The molecule has 0 aliphatic carbocycles. The number of halogens is 2. The molecule has 0 heterocycles. The molecule has 2 aromatic rings. The van der Waals surface area contributed by atoms with Gasteiger partial charge in [0.05, 0.1) is 18.6 Å². The van der Waals surface area contributed by atoms with Crippen molar-refractivity contribution in [3.05, 3.63) is 59.7 Å². The molecule has 0 N–H and O–H groups in total. The topological polar surface area (TPSA) is 35.5 Å². The first kappa shape index (κ1) is 19.0. The quantitative estimate of drug-likeness (QED) is 0.361. The third kappa shape index (κ3) is 5.32. The molecular formula is C19H18F2O3S. The molecule has 0 saturated carbocycles. The van der Waals surface area contributed by atoms with Crippen LogP contribution >= 0.6 is 11.8 Å². The van der Waals surface area contributed by atoms with Crippen LogP contribution in [0.1, 0.15) is 22.8 Å². The molecule has 6 heteroatoms. The third-order valence-electron chi connectivity index (χ3n) is 3.30. The van der Waals surface area contributed by atoms with Gasteiger partial charge in [0.25, 0.3) is 5.76 Å². The molecule has 2 rings (SSSR count). The largest absolute Gasteiger partial charge is 0.496 e. The number of carbonyl (C=O) groups is 1. The Balaban J connectivity index is 2.21. The fraction of sp³-hybridized carbons (Fsp3) is 0.211. The van der Waals surface area contributed by atoms with E-state index in [1.807, 2.05) is 31.2 Å². The number of rotatable bonds is 8. The Morgan fingerprint density at radius 1 is 1.20 bits per heavy atom. The summed E-state index contributed by atoms with van der Waals surface area (Å²) < 4.78 is 35.7. The summed E-state index contributed by atoms with van der Waals surface area (Å²) in [5.41, 5.74) is 1.15. The number of hydrogen-bond acceptors (Lipinski definition) is 4. The van der Waals surface area contributed by atoms with E-state index in [9.17, 15) is 13.6 Å². The predicted octanol–water partition coefficient (Wildman–Crippen LogP) is 5.30. The first-order chi connectivity index (χ1) is 12.0. The monoisotopic (exact) mass is 364 g/mol. The van der Waals surface area contributed by atoms with Crippen LogP contribution in [0.15, 0.2) is 53.4 Å². The smallest absolute Gasteiger partial charge is 0.289 e. The van der Waals surface area contributed by atoms with Gasteiger partial charge >= 0.3 is 0 Å². The predicted molar refractivity (Wildman–Crippen MR) is 95.8 cm³/mol. The Hall–Kier alpha value is -2.34. The molecule has 0 amide bonds. The van der Waals surface area contributed by atoms with Gasteiger partial charge in [0, 0.05) is 11.1 Å². The number of methoxy groups -OCH3 is 1. The number of allylic oxidation sites excluding steroid dienone is 1. The molecule has 0 radical (unpaired) electrons. The van der Waals surface area contributed by atoms with E-state index in [-0.39, 0.29) is 11.5 Å². The molecule has 0 atom stereocenters. The second-order valence-corrected chi connectivity index (χ2v) is 5.94. The van der Waals surface area contributed by atoms with Crippen molar-refractivity contribution in [2.75, 3.05) is 13.7 Å². The Bertz CT molecular complexity index is 760. The number of thioether (sulfide) groups is 1. The van der Waals surface area contributed by atoms with Crippen LogP contribution in [0.25, 0.3) is 6.08 Å². The number of ketones is 1. The Labute approximate surface area is 149 Å². The minimum absolute atomic E-state index is 0.249. The maximum absolute atomic E-state index is 12.5. The third-order valence-corrected chi connectivity index (χ3v) is 4.07. The molecule has 3 nitrogen and oxygen atoms in total. The highest BCUT2D eigenvalue weighted by atomic mass is 32.2. The lowest BCUT2D eigenvalue weighted by Gasteiger charge is -2.09. The summed E-state index contributed by atoms with van der Waals surface area (Å²) in [6.45, 7) is 2.41. The summed E-state index contributed by atoms with van der Waals surface area (Å²) >= 11 is 0.384. The molecule has 0 spiro atoms. The van der Waals surface area contributed by atoms with Crippen LogP contribution in [0.2, 0.25) is 0 Å². The summed E-state index contributed by atoms with van der Waals surface area (Å²) in [6, 6.07) is 11.8. The molecule has 0 saturated heterocycles. The van der Waals surface area contributed by atoms with Crippen molar-refractivity contribution >= 4 is 23.6 Å². The minimum atomic E-state index is -2.55. The van der Waals surface area contributed by atoms with Crippen LogP contribution in [0.4, 0.5) is 8.78 Å². The van der Waals surface area contributed by atoms with Gasteiger partial charge in [0.2, 0.25) is 0 Å². The molecule has 0 bridgehead atoms. The summed E-state index contributed by atoms with van der Waals surface area (Å²) in [6.07, 6.45) is 3.09. The van der Waals surface area contributed by atoms with Crippen LogP contribution in [0.3, 0.4) is 0 Å². The van der Waals surface area contributed by atoms with Gasteiger partial charge in [-0.3, -0.25) is 4.79 Å². The van der Waals surface area contributed by atoms with Gasteiger partial charge in [-0.15, -0.1) is 0 Å². The van der Waals surface area contributed by atoms with Gasteiger partial charge in [-0.05, 0) is 43.3 Å². The summed E-state index contributed by atoms with van der Waals surface area (Å²) in [7, 11) is 1.38.